The lowest BCUT2D eigenvalue weighted by Gasteiger charge is -2.20. The number of carboxylic acids is 1. The van der Waals surface area contributed by atoms with Crippen LogP contribution < -0.4 is 0 Å². The summed E-state index contributed by atoms with van der Waals surface area (Å²) in [6.45, 7) is 4.65. The van der Waals surface area contributed by atoms with Crippen LogP contribution in [0.3, 0.4) is 0 Å². The Bertz CT molecular complexity index is 1160. The maximum atomic E-state index is 13.0. The average molecular weight is 446 g/mol. The van der Waals surface area contributed by atoms with Crippen molar-refractivity contribution in [2.45, 2.75) is 31.7 Å². The van der Waals surface area contributed by atoms with Crippen LogP contribution in [0.15, 0.2) is 60.8 Å². The molecule has 1 amide bonds. The number of carboxylic acid groups (broad SMARTS) is 1. The minimum absolute atomic E-state index is 0.0302. The second kappa shape index (κ2) is 8.39. The fourth-order valence-electron chi connectivity index (χ4n) is 5.24. The highest BCUT2D eigenvalue weighted by Gasteiger charge is 2.43. The zero-order chi connectivity index (χ0) is 23.1. The number of rotatable bonds is 5. The van der Waals surface area contributed by atoms with Crippen LogP contribution in [0.25, 0.3) is 11.1 Å². The van der Waals surface area contributed by atoms with Crippen molar-refractivity contribution in [3.05, 3.63) is 77.6 Å². The van der Waals surface area contributed by atoms with Gasteiger partial charge in [-0.05, 0) is 42.2 Å². The summed E-state index contributed by atoms with van der Waals surface area (Å²) in [6, 6.07) is 18.3. The highest BCUT2D eigenvalue weighted by Crippen LogP contribution is 2.44. The summed E-state index contributed by atoms with van der Waals surface area (Å²) >= 11 is 0. The zero-order valence-corrected chi connectivity index (χ0v) is 18.7. The van der Waals surface area contributed by atoms with Crippen LogP contribution in [-0.2, 0) is 9.53 Å². The van der Waals surface area contributed by atoms with Crippen molar-refractivity contribution in [1.29, 1.82) is 0 Å². The smallest absolute Gasteiger partial charge is 0.409 e. The lowest BCUT2D eigenvalue weighted by Crippen LogP contribution is -2.31. The van der Waals surface area contributed by atoms with Crippen LogP contribution in [0.5, 0.6) is 0 Å². The number of ether oxygens (including phenoxy) is 1. The number of carbonyl (C=O) groups is 2. The van der Waals surface area contributed by atoms with Gasteiger partial charge in [0.1, 0.15) is 6.61 Å². The number of carbonyl (C=O) groups excluding carboxylic acids is 1. The molecule has 33 heavy (non-hydrogen) atoms. The van der Waals surface area contributed by atoms with E-state index in [-0.39, 0.29) is 31.0 Å². The number of likely N-dealkylation sites (tertiary alicyclic amines) is 1. The van der Waals surface area contributed by atoms with E-state index in [1.165, 1.54) is 16.0 Å². The molecule has 2 aliphatic rings. The molecule has 5 rings (SSSR count). The summed E-state index contributed by atoms with van der Waals surface area (Å²) in [4.78, 5) is 26.5. The minimum Gasteiger partial charge on any atom is -0.481 e. The van der Waals surface area contributed by atoms with Gasteiger partial charge in [-0.2, -0.15) is 5.10 Å². The molecule has 1 fully saturated rings. The Labute approximate surface area is 192 Å². The van der Waals surface area contributed by atoms with Crippen LogP contribution in [0.1, 0.15) is 48.5 Å². The molecule has 0 spiro atoms. The third kappa shape index (κ3) is 3.67. The average Bonchev–Trinajstić information content (AvgIpc) is 3.53. The molecule has 1 N–H and O–H groups in total. The maximum absolute atomic E-state index is 13.0. The monoisotopic (exact) mass is 445 g/mol. The quantitative estimate of drug-likeness (QED) is 0.625. The Kier molecular flexibility index (Phi) is 5.40. The highest BCUT2D eigenvalue weighted by atomic mass is 16.6. The Hall–Kier alpha value is -3.61. The van der Waals surface area contributed by atoms with Crippen LogP contribution in [0.2, 0.25) is 0 Å². The van der Waals surface area contributed by atoms with Crippen LogP contribution >= 0.6 is 0 Å². The molecule has 0 bridgehead atoms. The predicted molar refractivity (Wildman–Crippen MR) is 123 cm³/mol. The van der Waals surface area contributed by atoms with Gasteiger partial charge >= 0.3 is 12.1 Å². The highest BCUT2D eigenvalue weighted by molar-refractivity contribution is 5.79. The van der Waals surface area contributed by atoms with Crippen molar-refractivity contribution in [2.75, 3.05) is 19.7 Å². The van der Waals surface area contributed by atoms with E-state index < -0.39 is 18.0 Å². The molecule has 0 saturated carbocycles. The fourth-order valence-corrected chi connectivity index (χ4v) is 5.24. The summed E-state index contributed by atoms with van der Waals surface area (Å²) < 4.78 is 7.60. The number of hydrogen-bond acceptors (Lipinski definition) is 4. The number of hydrogen-bond donors (Lipinski definition) is 1. The third-order valence-corrected chi connectivity index (χ3v) is 6.80. The molecule has 1 aromatic heterocycles. The van der Waals surface area contributed by atoms with Crippen molar-refractivity contribution < 1.29 is 19.4 Å². The summed E-state index contributed by atoms with van der Waals surface area (Å²) in [5.74, 6) is -1.96. The van der Waals surface area contributed by atoms with E-state index in [0.717, 1.165) is 16.8 Å². The van der Waals surface area contributed by atoms with E-state index in [1.54, 1.807) is 6.20 Å². The fraction of sp³-hybridized carbons (Fsp3) is 0.346. The van der Waals surface area contributed by atoms with Gasteiger partial charge in [0.2, 0.25) is 0 Å². The molecule has 7 heteroatoms. The zero-order valence-electron chi connectivity index (χ0n) is 18.7. The van der Waals surface area contributed by atoms with Crippen molar-refractivity contribution in [3.63, 3.8) is 0 Å². The van der Waals surface area contributed by atoms with Crippen molar-refractivity contribution in [1.82, 2.24) is 14.7 Å². The topological polar surface area (TPSA) is 84.7 Å². The molecule has 3 aromatic rings. The molecule has 1 aliphatic carbocycles. The second-order valence-electron chi connectivity index (χ2n) is 9.05. The molecule has 7 nitrogen and oxygen atoms in total. The number of fused-ring (bicyclic) bond motifs is 3. The Morgan fingerprint density at radius 3 is 2.27 bits per heavy atom. The van der Waals surface area contributed by atoms with Gasteiger partial charge in [0.05, 0.1) is 5.92 Å². The molecule has 2 atom stereocenters. The van der Waals surface area contributed by atoms with E-state index in [2.05, 4.69) is 29.4 Å². The molecule has 170 valence electrons. The summed E-state index contributed by atoms with van der Waals surface area (Å²) in [5.41, 5.74) is 5.47. The molecule has 1 aliphatic heterocycles. The second-order valence-corrected chi connectivity index (χ2v) is 9.05. The number of nitrogens with zero attached hydrogens (tertiary/aromatic N) is 3. The number of aromatic nitrogens is 2. The largest absolute Gasteiger partial charge is 0.481 e. The summed E-state index contributed by atoms with van der Waals surface area (Å²) in [5, 5.41) is 14.2. The van der Waals surface area contributed by atoms with E-state index in [0.29, 0.717) is 6.54 Å². The van der Waals surface area contributed by atoms with Crippen LogP contribution in [0, 0.1) is 5.92 Å². The SMILES string of the molecule is CC(C)n1nccc1C1CN(C(=O)OCC2c3ccccc3-c3ccccc32)CC1C(=O)O. The van der Waals surface area contributed by atoms with Crippen LogP contribution in [-0.4, -0.2) is 51.5 Å². The molecule has 2 aromatic carbocycles. The van der Waals surface area contributed by atoms with Gasteiger partial charge in [0.15, 0.2) is 0 Å². The predicted octanol–water partition coefficient (Wildman–Crippen LogP) is 4.51. The molecule has 0 radical (unpaired) electrons. The molecular weight excluding hydrogens is 418 g/mol. The molecule has 1 saturated heterocycles. The number of benzene rings is 2. The number of aliphatic carboxylic acids is 1. The Morgan fingerprint density at radius 1 is 1.03 bits per heavy atom. The van der Waals surface area contributed by atoms with Crippen molar-refractivity contribution in [3.8, 4) is 11.1 Å². The van der Waals surface area contributed by atoms with Gasteiger partial charge in [0.25, 0.3) is 0 Å². The molecular formula is C26H27N3O4. The van der Waals surface area contributed by atoms with Gasteiger partial charge in [-0.1, -0.05) is 48.5 Å². The third-order valence-electron chi connectivity index (χ3n) is 6.80. The van der Waals surface area contributed by atoms with E-state index in [4.69, 9.17) is 4.74 Å². The van der Waals surface area contributed by atoms with Gasteiger partial charge < -0.3 is 14.7 Å². The van der Waals surface area contributed by atoms with Gasteiger partial charge in [0, 0.05) is 42.9 Å². The summed E-state index contributed by atoms with van der Waals surface area (Å²) in [6.07, 6.45) is 1.21. The standard InChI is InChI=1S/C26H27N3O4/c1-16(2)29-24(11-12-27-29)21-13-28(14-22(21)25(30)31)26(32)33-15-23-19-9-5-3-7-17(19)18-8-4-6-10-20(18)23/h3-12,16,21-23H,13-15H2,1-2H3,(H,30,31). The van der Waals surface area contributed by atoms with Gasteiger partial charge in [-0.3, -0.25) is 9.48 Å². The maximum Gasteiger partial charge on any atom is 0.409 e. The normalized spacial score (nSPS) is 19.5. The molecule has 2 unspecified atom stereocenters. The first-order valence-electron chi connectivity index (χ1n) is 11.3. The van der Waals surface area contributed by atoms with Gasteiger partial charge in [-0.15, -0.1) is 0 Å². The van der Waals surface area contributed by atoms with Gasteiger partial charge in [-0.25, -0.2) is 4.79 Å². The van der Waals surface area contributed by atoms with E-state index >= 15 is 0 Å². The lowest BCUT2D eigenvalue weighted by atomic mass is 9.93. The Morgan fingerprint density at radius 2 is 1.67 bits per heavy atom. The number of amides is 1. The minimum atomic E-state index is -0.912. The van der Waals surface area contributed by atoms with Crippen molar-refractivity contribution >= 4 is 12.1 Å². The lowest BCUT2D eigenvalue weighted by molar-refractivity contribution is -0.141. The van der Waals surface area contributed by atoms with Crippen molar-refractivity contribution in [2.24, 2.45) is 5.92 Å². The summed E-state index contributed by atoms with van der Waals surface area (Å²) in [7, 11) is 0. The first kappa shape index (κ1) is 21.2. The van der Waals surface area contributed by atoms with E-state index in [1.807, 2.05) is 48.9 Å². The Balaban J connectivity index is 1.33. The van der Waals surface area contributed by atoms with Crippen LogP contribution in [0.4, 0.5) is 4.79 Å². The molecule has 2 heterocycles. The van der Waals surface area contributed by atoms with E-state index in [9.17, 15) is 14.7 Å². The first-order valence-corrected chi connectivity index (χ1v) is 11.3. The first-order chi connectivity index (χ1) is 16.0.